The summed E-state index contributed by atoms with van der Waals surface area (Å²) < 4.78 is 21.3. The van der Waals surface area contributed by atoms with Gasteiger partial charge < -0.3 is 28.8 Å². The van der Waals surface area contributed by atoms with Crippen LogP contribution in [0.4, 0.5) is 0 Å². The van der Waals surface area contributed by atoms with Gasteiger partial charge in [0.25, 0.3) is 0 Å². The Labute approximate surface area is 130 Å². The third-order valence-corrected chi connectivity index (χ3v) is 3.58. The molecule has 7 nitrogen and oxygen atoms in total. The smallest absolute Gasteiger partial charge is 0.208 e. The molecule has 3 aromatic rings. The number of benzene rings is 2. The summed E-state index contributed by atoms with van der Waals surface area (Å²) in [5.41, 5.74) is -0.544. The van der Waals surface area contributed by atoms with Gasteiger partial charge in [0, 0.05) is 6.07 Å². The van der Waals surface area contributed by atoms with Crippen molar-refractivity contribution in [2.24, 2.45) is 0 Å². The van der Waals surface area contributed by atoms with Crippen LogP contribution < -0.4 is 19.6 Å². The van der Waals surface area contributed by atoms with Crippen molar-refractivity contribution in [3.63, 3.8) is 0 Å². The molecule has 7 heteroatoms. The van der Waals surface area contributed by atoms with Gasteiger partial charge in [-0.3, -0.25) is 4.79 Å². The van der Waals surface area contributed by atoms with Crippen LogP contribution in [0.25, 0.3) is 21.9 Å². The molecule has 0 atom stereocenters. The number of phenols is 2. The normalized spacial score (nSPS) is 10.9. The molecule has 0 spiro atoms. The highest BCUT2D eigenvalue weighted by molar-refractivity contribution is 6.00. The van der Waals surface area contributed by atoms with Crippen molar-refractivity contribution >= 4 is 21.9 Å². The van der Waals surface area contributed by atoms with E-state index in [4.69, 9.17) is 18.6 Å². The van der Waals surface area contributed by atoms with Crippen LogP contribution in [0.1, 0.15) is 0 Å². The van der Waals surface area contributed by atoms with Crippen molar-refractivity contribution in [1.29, 1.82) is 0 Å². The monoisotopic (exact) mass is 318 g/mol. The molecule has 2 aromatic carbocycles. The molecule has 3 rings (SSSR count). The van der Waals surface area contributed by atoms with Gasteiger partial charge in [-0.15, -0.1) is 0 Å². The lowest BCUT2D eigenvalue weighted by Crippen LogP contribution is -2.05. The zero-order chi connectivity index (χ0) is 16.7. The molecular formula is C16H14O7. The van der Waals surface area contributed by atoms with E-state index in [0.717, 1.165) is 0 Å². The maximum Gasteiger partial charge on any atom is 0.208 e. The van der Waals surface area contributed by atoms with E-state index in [0.29, 0.717) is 0 Å². The van der Waals surface area contributed by atoms with Crippen molar-refractivity contribution < 1.29 is 28.8 Å². The summed E-state index contributed by atoms with van der Waals surface area (Å²) in [4.78, 5) is 12.7. The Morgan fingerprint density at radius 1 is 0.870 bits per heavy atom. The van der Waals surface area contributed by atoms with Crippen LogP contribution in [-0.2, 0) is 0 Å². The minimum absolute atomic E-state index is 0.00532. The van der Waals surface area contributed by atoms with E-state index < -0.39 is 5.43 Å². The second kappa shape index (κ2) is 5.28. The van der Waals surface area contributed by atoms with E-state index in [9.17, 15) is 15.0 Å². The first-order chi connectivity index (χ1) is 11.0. The summed E-state index contributed by atoms with van der Waals surface area (Å²) in [6, 6.07) is 4.04. The van der Waals surface area contributed by atoms with Crippen molar-refractivity contribution in [2.75, 3.05) is 21.3 Å². The van der Waals surface area contributed by atoms with Crippen molar-refractivity contribution in [3.8, 4) is 28.7 Å². The maximum atomic E-state index is 12.7. The van der Waals surface area contributed by atoms with Crippen LogP contribution >= 0.6 is 0 Å². The van der Waals surface area contributed by atoms with Gasteiger partial charge in [-0.25, -0.2) is 0 Å². The SMILES string of the molecule is COc1cc(O)c2c(=O)c3c(O)ccc(OC)c3oc2c1OC. The standard InChI is InChI=1S/C16H14O7/c1-20-9-5-4-7(17)11-13(19)12-8(18)6-10(21-2)15(22-3)16(12)23-14(9)11/h4-6,17-18H,1-3H3. The van der Waals surface area contributed by atoms with Gasteiger partial charge in [-0.1, -0.05) is 0 Å². The van der Waals surface area contributed by atoms with Crippen LogP contribution in [0.5, 0.6) is 28.7 Å². The molecule has 23 heavy (non-hydrogen) atoms. The summed E-state index contributed by atoms with van der Waals surface area (Å²) in [6.45, 7) is 0. The summed E-state index contributed by atoms with van der Waals surface area (Å²) in [5, 5.41) is 20.0. The van der Waals surface area contributed by atoms with Crippen molar-refractivity contribution in [1.82, 2.24) is 0 Å². The predicted molar refractivity (Wildman–Crippen MR) is 83.0 cm³/mol. The second-order valence-electron chi connectivity index (χ2n) is 4.76. The molecule has 0 amide bonds. The molecule has 1 aromatic heterocycles. The molecule has 120 valence electrons. The maximum absolute atomic E-state index is 12.7. The minimum Gasteiger partial charge on any atom is -0.507 e. The first-order valence-electron chi connectivity index (χ1n) is 6.63. The Morgan fingerprint density at radius 2 is 1.52 bits per heavy atom. The van der Waals surface area contributed by atoms with Gasteiger partial charge in [-0.2, -0.15) is 0 Å². The molecule has 0 saturated carbocycles. The molecule has 1 heterocycles. The average molecular weight is 318 g/mol. The van der Waals surface area contributed by atoms with E-state index in [-0.39, 0.29) is 50.7 Å². The van der Waals surface area contributed by atoms with Crippen LogP contribution in [-0.4, -0.2) is 31.5 Å². The third kappa shape index (κ3) is 2.01. The Morgan fingerprint density at radius 3 is 2.13 bits per heavy atom. The van der Waals surface area contributed by atoms with Crippen LogP contribution in [0.2, 0.25) is 0 Å². The molecule has 0 aliphatic carbocycles. The fraction of sp³-hybridized carbons (Fsp3) is 0.188. The lowest BCUT2D eigenvalue weighted by Gasteiger charge is -2.13. The van der Waals surface area contributed by atoms with Gasteiger partial charge in [0.15, 0.2) is 22.7 Å². The quantitative estimate of drug-likeness (QED) is 0.715. The minimum atomic E-state index is -0.601. The highest BCUT2D eigenvalue weighted by Crippen LogP contribution is 2.42. The molecule has 0 fully saturated rings. The Bertz CT molecular complexity index is 972. The molecule has 0 bridgehead atoms. The van der Waals surface area contributed by atoms with Gasteiger partial charge in [0.2, 0.25) is 11.2 Å². The molecule has 2 N–H and O–H groups in total. The van der Waals surface area contributed by atoms with Gasteiger partial charge in [0.1, 0.15) is 22.3 Å². The van der Waals surface area contributed by atoms with Crippen LogP contribution in [0.3, 0.4) is 0 Å². The van der Waals surface area contributed by atoms with Crippen LogP contribution in [0.15, 0.2) is 27.4 Å². The number of aromatic hydroxyl groups is 2. The number of hydrogen-bond donors (Lipinski definition) is 2. The first-order valence-corrected chi connectivity index (χ1v) is 6.63. The number of phenolic OH excluding ortho intramolecular Hbond substituents is 2. The largest absolute Gasteiger partial charge is 0.507 e. The molecule has 0 saturated heterocycles. The van der Waals surface area contributed by atoms with E-state index in [1.807, 2.05) is 0 Å². The zero-order valence-corrected chi connectivity index (χ0v) is 12.7. The van der Waals surface area contributed by atoms with E-state index in [1.165, 1.54) is 39.5 Å². The lowest BCUT2D eigenvalue weighted by atomic mass is 10.1. The predicted octanol–water partition coefficient (Wildman–Crippen LogP) is 2.38. The topological polar surface area (TPSA) is 98.4 Å². The summed E-state index contributed by atoms with van der Waals surface area (Å²) >= 11 is 0. The number of fused-ring (bicyclic) bond motifs is 2. The van der Waals surface area contributed by atoms with Gasteiger partial charge in [-0.05, 0) is 12.1 Å². The van der Waals surface area contributed by atoms with Crippen molar-refractivity contribution in [3.05, 3.63) is 28.4 Å². The third-order valence-electron chi connectivity index (χ3n) is 3.58. The number of rotatable bonds is 3. The van der Waals surface area contributed by atoms with Crippen LogP contribution in [0, 0.1) is 0 Å². The fourth-order valence-corrected chi connectivity index (χ4v) is 2.53. The highest BCUT2D eigenvalue weighted by atomic mass is 16.5. The number of methoxy groups -OCH3 is 3. The number of hydrogen-bond acceptors (Lipinski definition) is 7. The van der Waals surface area contributed by atoms with E-state index in [2.05, 4.69) is 0 Å². The zero-order valence-electron chi connectivity index (χ0n) is 12.7. The molecule has 0 aliphatic rings. The summed E-state index contributed by atoms with van der Waals surface area (Å²) in [7, 11) is 4.20. The highest BCUT2D eigenvalue weighted by Gasteiger charge is 2.23. The van der Waals surface area contributed by atoms with E-state index >= 15 is 0 Å². The Kier molecular flexibility index (Phi) is 3.40. The van der Waals surface area contributed by atoms with Gasteiger partial charge >= 0.3 is 0 Å². The van der Waals surface area contributed by atoms with Gasteiger partial charge in [0.05, 0.1) is 21.3 Å². The summed E-state index contributed by atoms with van der Waals surface area (Å²) in [6.07, 6.45) is 0. The second-order valence-corrected chi connectivity index (χ2v) is 4.76. The fourth-order valence-electron chi connectivity index (χ4n) is 2.53. The van der Waals surface area contributed by atoms with Crippen molar-refractivity contribution in [2.45, 2.75) is 0 Å². The van der Waals surface area contributed by atoms with E-state index in [1.54, 1.807) is 0 Å². The summed E-state index contributed by atoms with van der Waals surface area (Å²) in [5.74, 6) is 0.0196. The molecule has 0 aliphatic heterocycles. The Balaban J connectivity index is 2.64. The first kappa shape index (κ1) is 14.8. The average Bonchev–Trinajstić information content (AvgIpc) is 2.54. The number of ether oxygens (including phenoxy) is 3. The molecule has 0 radical (unpaired) electrons. The Hall–Kier alpha value is -3.09. The lowest BCUT2D eigenvalue weighted by molar-refractivity contribution is 0.350. The molecule has 0 unspecified atom stereocenters. The molecular weight excluding hydrogens is 304 g/mol.